The van der Waals surface area contributed by atoms with Crippen molar-refractivity contribution in [3.05, 3.63) is 60.2 Å². The lowest BCUT2D eigenvalue weighted by Crippen LogP contribution is -2.08. The minimum absolute atomic E-state index is 0.371. The van der Waals surface area contributed by atoms with Crippen LogP contribution in [-0.4, -0.2) is 12.6 Å². The highest BCUT2D eigenvalue weighted by atomic mass is 16.5. The average molecular weight is 242 g/mol. The number of rotatable bonds is 4. The molecule has 0 amide bonds. The first-order valence-corrected chi connectivity index (χ1v) is 5.79. The first kappa shape index (κ1) is 12.2. The van der Waals surface area contributed by atoms with Gasteiger partial charge in [-0.05, 0) is 31.2 Å². The van der Waals surface area contributed by atoms with Gasteiger partial charge in [-0.1, -0.05) is 24.3 Å². The van der Waals surface area contributed by atoms with Crippen molar-refractivity contribution in [1.29, 1.82) is 0 Å². The molecule has 0 fully saturated rings. The molecule has 0 saturated carbocycles. The van der Waals surface area contributed by atoms with E-state index in [0.717, 1.165) is 0 Å². The summed E-state index contributed by atoms with van der Waals surface area (Å²) in [6, 6.07) is 15.9. The van der Waals surface area contributed by atoms with E-state index in [4.69, 9.17) is 9.47 Å². The van der Waals surface area contributed by atoms with Crippen molar-refractivity contribution in [1.82, 2.24) is 0 Å². The van der Waals surface area contributed by atoms with Crippen molar-refractivity contribution in [3.8, 4) is 11.5 Å². The highest BCUT2D eigenvalue weighted by Gasteiger charge is 2.07. The van der Waals surface area contributed by atoms with Crippen molar-refractivity contribution in [2.45, 2.75) is 6.92 Å². The summed E-state index contributed by atoms with van der Waals surface area (Å²) >= 11 is 0. The Labute approximate surface area is 106 Å². The van der Waals surface area contributed by atoms with Gasteiger partial charge >= 0.3 is 5.97 Å². The molecule has 0 aliphatic heterocycles. The maximum Gasteiger partial charge on any atom is 0.343 e. The Balaban J connectivity index is 2.10. The third-order valence-electron chi connectivity index (χ3n) is 2.34. The molecular formula is C15H14O3. The Hall–Kier alpha value is -2.29. The van der Waals surface area contributed by atoms with Crippen molar-refractivity contribution in [3.63, 3.8) is 0 Å². The van der Waals surface area contributed by atoms with E-state index in [-0.39, 0.29) is 5.97 Å². The molecule has 0 aliphatic carbocycles. The molecule has 0 atom stereocenters. The molecule has 92 valence electrons. The molecule has 2 aromatic rings. The van der Waals surface area contributed by atoms with Crippen LogP contribution in [0.25, 0.3) is 0 Å². The standard InChI is InChI=1S/C15H14O3/c1-2-17-13-9-6-10-14(11-13)18-15(16)12-7-4-3-5-8-12/h3-11H,2H2,1H3. The van der Waals surface area contributed by atoms with Crippen LogP contribution in [0.1, 0.15) is 17.3 Å². The van der Waals surface area contributed by atoms with E-state index in [1.807, 2.05) is 19.1 Å². The van der Waals surface area contributed by atoms with Crippen molar-refractivity contribution >= 4 is 5.97 Å². The maximum atomic E-state index is 11.8. The summed E-state index contributed by atoms with van der Waals surface area (Å²) in [5.74, 6) is 0.801. The maximum absolute atomic E-state index is 11.8. The zero-order valence-electron chi connectivity index (χ0n) is 10.1. The number of benzene rings is 2. The SMILES string of the molecule is CCOc1cccc(OC(=O)c2ccccc2)c1. The van der Waals surface area contributed by atoms with Crippen molar-refractivity contribution < 1.29 is 14.3 Å². The fourth-order valence-corrected chi connectivity index (χ4v) is 1.53. The van der Waals surface area contributed by atoms with Crippen LogP contribution in [0.4, 0.5) is 0 Å². The smallest absolute Gasteiger partial charge is 0.343 e. The molecule has 0 heterocycles. The van der Waals surface area contributed by atoms with Crippen molar-refractivity contribution in [2.24, 2.45) is 0 Å². The van der Waals surface area contributed by atoms with Crippen LogP contribution in [0.5, 0.6) is 11.5 Å². The minimum atomic E-state index is -0.371. The molecule has 2 aromatic carbocycles. The highest BCUT2D eigenvalue weighted by molar-refractivity contribution is 5.90. The van der Waals surface area contributed by atoms with E-state index in [0.29, 0.717) is 23.7 Å². The first-order chi connectivity index (χ1) is 8.79. The second-order valence-corrected chi connectivity index (χ2v) is 3.66. The van der Waals surface area contributed by atoms with Gasteiger partial charge in [-0.25, -0.2) is 4.79 Å². The Morgan fingerprint density at radius 3 is 2.44 bits per heavy atom. The normalized spacial score (nSPS) is 9.83. The van der Waals surface area contributed by atoms with Crippen LogP contribution in [0.2, 0.25) is 0 Å². The summed E-state index contributed by atoms with van der Waals surface area (Å²) in [5, 5.41) is 0. The molecule has 0 radical (unpaired) electrons. The third-order valence-corrected chi connectivity index (χ3v) is 2.34. The van der Waals surface area contributed by atoms with Crippen LogP contribution in [0, 0.1) is 0 Å². The van der Waals surface area contributed by atoms with Gasteiger partial charge in [0.15, 0.2) is 0 Å². The Bertz CT molecular complexity index is 520. The van der Waals surface area contributed by atoms with Gasteiger partial charge in [0.05, 0.1) is 12.2 Å². The Morgan fingerprint density at radius 1 is 1.00 bits per heavy atom. The van der Waals surface area contributed by atoms with Gasteiger partial charge in [-0.3, -0.25) is 0 Å². The quantitative estimate of drug-likeness (QED) is 0.609. The van der Waals surface area contributed by atoms with Crippen LogP contribution < -0.4 is 9.47 Å². The minimum Gasteiger partial charge on any atom is -0.494 e. The molecule has 2 rings (SSSR count). The predicted octanol–water partition coefficient (Wildman–Crippen LogP) is 3.30. The Morgan fingerprint density at radius 2 is 1.72 bits per heavy atom. The van der Waals surface area contributed by atoms with E-state index in [9.17, 15) is 4.79 Å². The predicted molar refractivity (Wildman–Crippen MR) is 69.0 cm³/mol. The lowest BCUT2D eigenvalue weighted by atomic mass is 10.2. The first-order valence-electron chi connectivity index (χ1n) is 5.79. The van der Waals surface area contributed by atoms with Crippen molar-refractivity contribution in [2.75, 3.05) is 6.61 Å². The second-order valence-electron chi connectivity index (χ2n) is 3.66. The molecular weight excluding hydrogens is 228 g/mol. The van der Waals surface area contributed by atoms with Crippen LogP contribution in [0.3, 0.4) is 0 Å². The number of carbonyl (C=O) groups excluding carboxylic acids is 1. The number of hydrogen-bond donors (Lipinski definition) is 0. The Kier molecular flexibility index (Phi) is 3.97. The number of hydrogen-bond acceptors (Lipinski definition) is 3. The summed E-state index contributed by atoms with van der Waals surface area (Å²) in [4.78, 5) is 11.8. The third kappa shape index (κ3) is 3.10. The zero-order chi connectivity index (χ0) is 12.8. The van der Waals surface area contributed by atoms with E-state index in [1.54, 1.807) is 42.5 Å². The molecule has 3 heteroatoms. The van der Waals surface area contributed by atoms with Gasteiger partial charge < -0.3 is 9.47 Å². The zero-order valence-corrected chi connectivity index (χ0v) is 10.1. The second kappa shape index (κ2) is 5.87. The summed E-state index contributed by atoms with van der Waals surface area (Å²) < 4.78 is 10.6. The van der Waals surface area contributed by atoms with E-state index in [2.05, 4.69) is 0 Å². The van der Waals surface area contributed by atoms with Gasteiger partial charge in [0, 0.05) is 6.07 Å². The van der Waals surface area contributed by atoms with Gasteiger partial charge in [0.1, 0.15) is 11.5 Å². The summed E-state index contributed by atoms with van der Waals surface area (Å²) in [5.41, 5.74) is 0.527. The average Bonchev–Trinajstić information content (AvgIpc) is 2.40. The number of ether oxygens (including phenoxy) is 2. The lowest BCUT2D eigenvalue weighted by molar-refractivity contribution is 0.0734. The molecule has 0 aromatic heterocycles. The highest BCUT2D eigenvalue weighted by Crippen LogP contribution is 2.20. The van der Waals surface area contributed by atoms with Crippen LogP contribution in [-0.2, 0) is 0 Å². The van der Waals surface area contributed by atoms with Crippen LogP contribution >= 0.6 is 0 Å². The van der Waals surface area contributed by atoms with Gasteiger partial charge in [0.25, 0.3) is 0 Å². The molecule has 0 unspecified atom stereocenters. The molecule has 0 spiro atoms. The largest absolute Gasteiger partial charge is 0.494 e. The fourth-order valence-electron chi connectivity index (χ4n) is 1.53. The van der Waals surface area contributed by atoms with Gasteiger partial charge in [-0.2, -0.15) is 0 Å². The summed E-state index contributed by atoms with van der Waals surface area (Å²) in [6.07, 6.45) is 0. The number of esters is 1. The van der Waals surface area contributed by atoms with Gasteiger partial charge in [0.2, 0.25) is 0 Å². The number of carbonyl (C=O) groups is 1. The monoisotopic (exact) mass is 242 g/mol. The molecule has 3 nitrogen and oxygen atoms in total. The lowest BCUT2D eigenvalue weighted by Gasteiger charge is -2.07. The van der Waals surface area contributed by atoms with E-state index in [1.165, 1.54) is 0 Å². The molecule has 0 N–H and O–H groups in total. The molecule has 0 aliphatic rings. The summed E-state index contributed by atoms with van der Waals surface area (Å²) in [7, 11) is 0. The fraction of sp³-hybridized carbons (Fsp3) is 0.133. The molecule has 0 saturated heterocycles. The van der Waals surface area contributed by atoms with Gasteiger partial charge in [-0.15, -0.1) is 0 Å². The molecule has 18 heavy (non-hydrogen) atoms. The summed E-state index contributed by atoms with van der Waals surface area (Å²) in [6.45, 7) is 2.48. The van der Waals surface area contributed by atoms with E-state index < -0.39 is 0 Å². The topological polar surface area (TPSA) is 35.5 Å². The molecule has 0 bridgehead atoms. The van der Waals surface area contributed by atoms with E-state index >= 15 is 0 Å². The van der Waals surface area contributed by atoms with Crippen LogP contribution in [0.15, 0.2) is 54.6 Å².